The third-order valence-corrected chi connectivity index (χ3v) is 3.30. The van der Waals surface area contributed by atoms with Crippen LogP contribution in [0, 0.1) is 5.82 Å². The second kappa shape index (κ2) is 6.02. The fourth-order valence-corrected chi connectivity index (χ4v) is 2.24. The second-order valence-corrected chi connectivity index (χ2v) is 4.64. The fourth-order valence-electron chi connectivity index (χ4n) is 2.24. The second-order valence-electron chi connectivity index (χ2n) is 4.64. The van der Waals surface area contributed by atoms with Crippen molar-refractivity contribution < 1.29 is 19.0 Å². The summed E-state index contributed by atoms with van der Waals surface area (Å²) in [7, 11) is 0. The number of halogens is 1. The van der Waals surface area contributed by atoms with E-state index in [-0.39, 0.29) is 23.3 Å². The minimum absolute atomic E-state index is 0.0161. The summed E-state index contributed by atoms with van der Waals surface area (Å²) in [5.41, 5.74) is -0.0161. The van der Waals surface area contributed by atoms with E-state index in [4.69, 9.17) is 9.84 Å². The van der Waals surface area contributed by atoms with Crippen LogP contribution in [-0.2, 0) is 4.74 Å². The highest BCUT2D eigenvalue weighted by molar-refractivity contribution is 5.94. The van der Waals surface area contributed by atoms with E-state index in [9.17, 15) is 9.18 Å². The number of likely N-dealkylation sites (N-methyl/N-ethyl adjacent to an activating group) is 1. The molecule has 1 atom stereocenters. The van der Waals surface area contributed by atoms with Crippen molar-refractivity contribution in [2.75, 3.05) is 19.7 Å². The third kappa shape index (κ3) is 3.23. The molecule has 5 heteroatoms. The average Bonchev–Trinajstić information content (AvgIpc) is 2.88. The molecule has 0 radical (unpaired) electrons. The number of ether oxygens (including phenoxy) is 1. The number of carbonyl (C=O) groups is 1. The van der Waals surface area contributed by atoms with Gasteiger partial charge in [-0.2, -0.15) is 0 Å². The van der Waals surface area contributed by atoms with Gasteiger partial charge in [0.25, 0.3) is 5.91 Å². The van der Waals surface area contributed by atoms with Crippen LogP contribution in [0.4, 0.5) is 4.39 Å². The highest BCUT2D eigenvalue weighted by Crippen LogP contribution is 2.19. The molecule has 2 rings (SSSR count). The zero-order valence-electron chi connectivity index (χ0n) is 10.9. The zero-order chi connectivity index (χ0) is 13.8. The normalized spacial score (nSPS) is 18.5. The Balaban J connectivity index is 2.10. The van der Waals surface area contributed by atoms with Crippen LogP contribution in [-0.4, -0.2) is 41.7 Å². The van der Waals surface area contributed by atoms with Gasteiger partial charge in [-0.25, -0.2) is 4.39 Å². The number of aromatic hydroxyl groups is 1. The maximum atomic E-state index is 13.7. The first-order valence-electron chi connectivity index (χ1n) is 6.51. The summed E-state index contributed by atoms with van der Waals surface area (Å²) >= 11 is 0. The number of phenols is 1. The minimum atomic E-state index is -0.698. The lowest BCUT2D eigenvalue weighted by Crippen LogP contribution is -2.37. The Bertz CT molecular complexity index is 458. The zero-order valence-corrected chi connectivity index (χ0v) is 10.9. The molecule has 0 spiro atoms. The summed E-state index contributed by atoms with van der Waals surface area (Å²) < 4.78 is 19.2. The van der Waals surface area contributed by atoms with Gasteiger partial charge in [-0.05, 0) is 31.9 Å². The molecule has 0 saturated carbocycles. The van der Waals surface area contributed by atoms with E-state index in [0.29, 0.717) is 13.1 Å². The SMILES string of the molecule is CCN(CC1CCCO1)C(=O)c1ccc(O)cc1F. The molecular weight excluding hydrogens is 249 g/mol. The van der Waals surface area contributed by atoms with Gasteiger partial charge in [-0.15, -0.1) is 0 Å². The van der Waals surface area contributed by atoms with Gasteiger partial charge in [0.05, 0.1) is 11.7 Å². The number of nitrogens with zero attached hydrogens (tertiary/aromatic N) is 1. The molecule has 104 valence electrons. The van der Waals surface area contributed by atoms with Gasteiger partial charge < -0.3 is 14.7 Å². The number of hydrogen-bond donors (Lipinski definition) is 1. The molecule has 0 aromatic heterocycles. The van der Waals surface area contributed by atoms with E-state index in [2.05, 4.69) is 0 Å². The standard InChI is InChI=1S/C14H18FNO3/c1-2-16(9-11-4-3-7-19-11)14(18)12-6-5-10(17)8-13(12)15/h5-6,8,11,17H,2-4,7,9H2,1H3. The van der Waals surface area contributed by atoms with Gasteiger partial charge in [-0.1, -0.05) is 0 Å². The third-order valence-electron chi connectivity index (χ3n) is 3.30. The summed E-state index contributed by atoms with van der Waals surface area (Å²) in [6.45, 7) is 3.56. The Labute approximate surface area is 111 Å². The lowest BCUT2D eigenvalue weighted by Gasteiger charge is -2.24. The Morgan fingerprint density at radius 1 is 1.58 bits per heavy atom. The van der Waals surface area contributed by atoms with Gasteiger partial charge in [0.1, 0.15) is 11.6 Å². The molecule has 1 unspecified atom stereocenters. The summed E-state index contributed by atoms with van der Waals surface area (Å²) in [6.07, 6.45) is 1.98. The van der Waals surface area contributed by atoms with E-state index >= 15 is 0 Å². The van der Waals surface area contributed by atoms with E-state index in [1.54, 1.807) is 4.90 Å². The van der Waals surface area contributed by atoms with Crippen molar-refractivity contribution in [3.8, 4) is 5.75 Å². The number of phenolic OH excluding ortho intramolecular Hbond substituents is 1. The number of amides is 1. The van der Waals surface area contributed by atoms with Crippen molar-refractivity contribution >= 4 is 5.91 Å². The van der Waals surface area contributed by atoms with E-state index in [1.807, 2.05) is 6.92 Å². The lowest BCUT2D eigenvalue weighted by atomic mass is 10.1. The number of rotatable bonds is 4. The van der Waals surface area contributed by atoms with Crippen molar-refractivity contribution in [2.45, 2.75) is 25.9 Å². The molecule has 1 heterocycles. The number of carbonyl (C=O) groups excluding carboxylic acids is 1. The molecule has 1 fully saturated rings. The van der Waals surface area contributed by atoms with Crippen LogP contribution < -0.4 is 0 Å². The molecular formula is C14H18FNO3. The largest absolute Gasteiger partial charge is 0.508 e. The Hall–Kier alpha value is -1.62. The van der Waals surface area contributed by atoms with Crippen molar-refractivity contribution in [3.63, 3.8) is 0 Å². The summed E-state index contributed by atoms with van der Waals surface area (Å²) in [5, 5.41) is 9.16. The van der Waals surface area contributed by atoms with Crippen LogP contribution in [0.5, 0.6) is 5.75 Å². The minimum Gasteiger partial charge on any atom is -0.508 e. The van der Waals surface area contributed by atoms with Gasteiger partial charge in [0.2, 0.25) is 0 Å². The van der Waals surface area contributed by atoms with Gasteiger partial charge in [0.15, 0.2) is 0 Å². The predicted molar refractivity (Wildman–Crippen MR) is 68.6 cm³/mol. The van der Waals surface area contributed by atoms with Gasteiger partial charge in [0, 0.05) is 25.8 Å². The van der Waals surface area contributed by atoms with Crippen molar-refractivity contribution in [2.24, 2.45) is 0 Å². The van der Waals surface area contributed by atoms with Crippen LogP contribution in [0.25, 0.3) is 0 Å². The molecule has 1 aliphatic rings. The predicted octanol–water partition coefficient (Wildman–Crippen LogP) is 2.17. The Kier molecular flexibility index (Phi) is 4.37. The summed E-state index contributed by atoms with van der Waals surface area (Å²) in [4.78, 5) is 13.8. The molecule has 19 heavy (non-hydrogen) atoms. The summed E-state index contributed by atoms with van der Waals surface area (Å²) in [6, 6.07) is 3.58. The summed E-state index contributed by atoms with van der Waals surface area (Å²) in [5.74, 6) is -1.25. The molecule has 0 bridgehead atoms. The average molecular weight is 267 g/mol. The molecule has 1 aliphatic heterocycles. The smallest absolute Gasteiger partial charge is 0.256 e. The first-order valence-corrected chi connectivity index (χ1v) is 6.51. The van der Waals surface area contributed by atoms with E-state index < -0.39 is 5.82 Å². The van der Waals surface area contributed by atoms with Gasteiger partial charge in [-0.3, -0.25) is 4.79 Å². The first-order chi connectivity index (χ1) is 9.11. The number of benzene rings is 1. The monoisotopic (exact) mass is 267 g/mol. The highest BCUT2D eigenvalue weighted by atomic mass is 19.1. The molecule has 1 aromatic carbocycles. The fraction of sp³-hybridized carbons (Fsp3) is 0.500. The van der Waals surface area contributed by atoms with Crippen LogP contribution in [0.1, 0.15) is 30.1 Å². The maximum absolute atomic E-state index is 13.7. The Morgan fingerprint density at radius 3 is 2.95 bits per heavy atom. The van der Waals surface area contributed by atoms with Crippen LogP contribution in [0.2, 0.25) is 0 Å². The van der Waals surface area contributed by atoms with Crippen molar-refractivity contribution in [1.29, 1.82) is 0 Å². The molecule has 1 aromatic rings. The molecule has 1 amide bonds. The van der Waals surface area contributed by atoms with Crippen molar-refractivity contribution in [1.82, 2.24) is 4.90 Å². The molecule has 1 N–H and O–H groups in total. The molecule has 4 nitrogen and oxygen atoms in total. The van der Waals surface area contributed by atoms with Crippen LogP contribution >= 0.6 is 0 Å². The quantitative estimate of drug-likeness (QED) is 0.909. The van der Waals surface area contributed by atoms with Crippen LogP contribution in [0.3, 0.4) is 0 Å². The van der Waals surface area contributed by atoms with Gasteiger partial charge >= 0.3 is 0 Å². The lowest BCUT2D eigenvalue weighted by molar-refractivity contribution is 0.0535. The maximum Gasteiger partial charge on any atom is 0.256 e. The Morgan fingerprint density at radius 2 is 2.37 bits per heavy atom. The first kappa shape index (κ1) is 13.8. The molecule has 1 saturated heterocycles. The van der Waals surface area contributed by atoms with Crippen molar-refractivity contribution in [3.05, 3.63) is 29.6 Å². The van der Waals surface area contributed by atoms with E-state index in [0.717, 1.165) is 25.5 Å². The highest BCUT2D eigenvalue weighted by Gasteiger charge is 2.24. The van der Waals surface area contributed by atoms with E-state index in [1.165, 1.54) is 12.1 Å². The number of hydrogen-bond acceptors (Lipinski definition) is 3. The topological polar surface area (TPSA) is 49.8 Å². The molecule has 0 aliphatic carbocycles. The van der Waals surface area contributed by atoms with Crippen LogP contribution in [0.15, 0.2) is 18.2 Å².